The SMILES string of the molecule is Cc1ccc(O)c(-c2cc(C(=O)Nc3c(C(=O)Nc4cccc(Cl)c4)oc4ccccc34)[nH]n2)c1. The number of aromatic hydroxyl groups is 1. The predicted octanol–water partition coefficient (Wildman–Crippen LogP) is 5.99. The lowest BCUT2D eigenvalue weighted by Crippen LogP contribution is -2.17. The minimum Gasteiger partial charge on any atom is -0.507 e. The summed E-state index contributed by atoms with van der Waals surface area (Å²) < 4.78 is 5.78. The molecule has 0 aliphatic rings. The van der Waals surface area contributed by atoms with Crippen LogP contribution in [0.3, 0.4) is 0 Å². The third-order valence-electron chi connectivity index (χ3n) is 5.37. The van der Waals surface area contributed by atoms with E-state index in [0.717, 1.165) is 5.56 Å². The molecule has 4 N–H and O–H groups in total. The number of hydrogen-bond donors (Lipinski definition) is 4. The summed E-state index contributed by atoms with van der Waals surface area (Å²) in [5, 5.41) is 23.6. The minimum absolute atomic E-state index is 0.0508. The van der Waals surface area contributed by atoms with Crippen LogP contribution in [0.25, 0.3) is 22.2 Å². The zero-order valence-electron chi connectivity index (χ0n) is 18.4. The standard InChI is InChI=1S/C26H19ClN4O4/c1-14-9-10-21(32)18(11-14)19-13-20(31-30-19)25(33)29-23-17-7-2-3-8-22(17)35-24(23)26(34)28-16-6-4-5-15(27)12-16/h2-13,32H,1H3,(H,28,34)(H,29,33)(H,30,31). The van der Waals surface area contributed by atoms with Gasteiger partial charge in [0.25, 0.3) is 11.8 Å². The van der Waals surface area contributed by atoms with Gasteiger partial charge in [0.15, 0.2) is 0 Å². The Labute approximate surface area is 204 Å². The number of hydrogen-bond acceptors (Lipinski definition) is 5. The largest absolute Gasteiger partial charge is 0.507 e. The minimum atomic E-state index is -0.547. The number of furan rings is 1. The number of H-pyrrole nitrogens is 1. The zero-order valence-corrected chi connectivity index (χ0v) is 19.2. The Morgan fingerprint density at radius 1 is 0.971 bits per heavy atom. The molecule has 0 saturated heterocycles. The molecule has 2 amide bonds. The summed E-state index contributed by atoms with van der Waals surface area (Å²) in [4.78, 5) is 26.1. The summed E-state index contributed by atoms with van der Waals surface area (Å²) >= 11 is 6.01. The fourth-order valence-electron chi connectivity index (χ4n) is 3.70. The molecule has 0 fully saturated rings. The maximum absolute atomic E-state index is 13.1. The first-order chi connectivity index (χ1) is 16.9. The summed E-state index contributed by atoms with van der Waals surface area (Å²) in [5.41, 5.74) is 3.13. The third kappa shape index (κ3) is 4.47. The van der Waals surface area contributed by atoms with Crippen LogP contribution in [0, 0.1) is 6.92 Å². The number of para-hydroxylation sites is 1. The van der Waals surface area contributed by atoms with Gasteiger partial charge in [-0.25, -0.2) is 0 Å². The lowest BCUT2D eigenvalue weighted by molar-refractivity contribution is 0.0999. The number of benzene rings is 3. The first kappa shape index (κ1) is 22.2. The van der Waals surface area contributed by atoms with Crippen molar-refractivity contribution in [1.82, 2.24) is 10.2 Å². The number of rotatable bonds is 5. The number of fused-ring (bicyclic) bond motifs is 1. The molecule has 0 spiro atoms. The van der Waals surface area contributed by atoms with Gasteiger partial charge in [-0.05, 0) is 55.5 Å². The number of aromatic nitrogens is 2. The molecule has 9 heteroatoms. The highest BCUT2D eigenvalue weighted by molar-refractivity contribution is 6.31. The van der Waals surface area contributed by atoms with Gasteiger partial charge in [-0.15, -0.1) is 0 Å². The van der Waals surface area contributed by atoms with E-state index in [2.05, 4.69) is 20.8 Å². The first-order valence-corrected chi connectivity index (χ1v) is 11.0. The van der Waals surface area contributed by atoms with Crippen LogP contribution in [-0.2, 0) is 0 Å². The Balaban J connectivity index is 1.46. The van der Waals surface area contributed by atoms with E-state index in [1.165, 1.54) is 6.07 Å². The van der Waals surface area contributed by atoms with Crippen molar-refractivity contribution in [3.8, 4) is 17.0 Å². The van der Waals surface area contributed by atoms with E-state index >= 15 is 0 Å². The van der Waals surface area contributed by atoms with Crippen LogP contribution in [0.1, 0.15) is 26.6 Å². The Morgan fingerprint density at radius 2 is 1.80 bits per heavy atom. The van der Waals surface area contributed by atoms with Crippen molar-refractivity contribution in [2.45, 2.75) is 6.92 Å². The molecule has 8 nitrogen and oxygen atoms in total. The summed E-state index contributed by atoms with van der Waals surface area (Å²) in [7, 11) is 0. The van der Waals surface area contributed by atoms with E-state index < -0.39 is 11.8 Å². The molecule has 0 saturated carbocycles. The van der Waals surface area contributed by atoms with Crippen molar-refractivity contribution >= 4 is 45.8 Å². The van der Waals surface area contributed by atoms with Crippen molar-refractivity contribution in [3.05, 3.63) is 94.8 Å². The van der Waals surface area contributed by atoms with Crippen molar-refractivity contribution in [1.29, 1.82) is 0 Å². The average Bonchev–Trinajstić information content (AvgIpc) is 3.46. The molecule has 0 radical (unpaired) electrons. The lowest BCUT2D eigenvalue weighted by Gasteiger charge is -2.07. The summed E-state index contributed by atoms with van der Waals surface area (Å²) in [6.07, 6.45) is 0. The lowest BCUT2D eigenvalue weighted by atomic mass is 10.1. The van der Waals surface area contributed by atoms with Gasteiger partial charge >= 0.3 is 0 Å². The van der Waals surface area contributed by atoms with Crippen molar-refractivity contribution < 1.29 is 19.1 Å². The maximum atomic E-state index is 13.1. The van der Waals surface area contributed by atoms with Crippen LogP contribution < -0.4 is 10.6 Å². The second-order valence-electron chi connectivity index (χ2n) is 7.91. The normalized spacial score (nSPS) is 10.9. The Hall–Kier alpha value is -4.56. The predicted molar refractivity (Wildman–Crippen MR) is 134 cm³/mol. The highest BCUT2D eigenvalue weighted by Gasteiger charge is 2.24. The number of phenolic OH excluding ortho intramolecular Hbond substituents is 1. The van der Waals surface area contributed by atoms with Gasteiger partial charge in [0.2, 0.25) is 5.76 Å². The summed E-state index contributed by atoms with van der Waals surface area (Å²) in [6, 6.07) is 20.3. The molecular formula is C26H19ClN4O4. The zero-order chi connectivity index (χ0) is 24.5. The molecule has 0 aliphatic heterocycles. The summed E-state index contributed by atoms with van der Waals surface area (Å²) in [6.45, 7) is 1.89. The van der Waals surface area contributed by atoms with Crippen LogP contribution in [0.4, 0.5) is 11.4 Å². The number of carbonyl (C=O) groups excluding carboxylic acids is 2. The van der Waals surface area contributed by atoms with Gasteiger partial charge in [0.1, 0.15) is 22.7 Å². The van der Waals surface area contributed by atoms with E-state index in [1.807, 2.05) is 6.92 Å². The second-order valence-corrected chi connectivity index (χ2v) is 8.34. The highest BCUT2D eigenvalue weighted by atomic mass is 35.5. The fraction of sp³-hybridized carbons (Fsp3) is 0.0385. The van der Waals surface area contributed by atoms with Crippen molar-refractivity contribution in [3.63, 3.8) is 0 Å². The Bertz CT molecular complexity index is 1590. The van der Waals surface area contributed by atoms with Gasteiger partial charge in [-0.1, -0.05) is 41.4 Å². The van der Waals surface area contributed by atoms with E-state index in [9.17, 15) is 14.7 Å². The Kier molecular flexibility index (Phi) is 5.72. The van der Waals surface area contributed by atoms with Gasteiger partial charge in [-0.2, -0.15) is 5.10 Å². The van der Waals surface area contributed by atoms with E-state index in [1.54, 1.807) is 66.7 Å². The van der Waals surface area contributed by atoms with Crippen LogP contribution in [0.15, 0.2) is 77.2 Å². The molecule has 2 aromatic heterocycles. The van der Waals surface area contributed by atoms with Gasteiger partial charge < -0.3 is 20.2 Å². The molecule has 0 unspecified atom stereocenters. The number of amides is 2. The molecule has 0 aliphatic carbocycles. The van der Waals surface area contributed by atoms with Crippen LogP contribution in [-0.4, -0.2) is 27.1 Å². The first-order valence-electron chi connectivity index (χ1n) is 10.6. The summed E-state index contributed by atoms with van der Waals surface area (Å²) in [5.74, 6) is -1.08. The molecule has 35 heavy (non-hydrogen) atoms. The molecule has 5 aromatic rings. The van der Waals surface area contributed by atoms with Crippen LogP contribution >= 0.6 is 11.6 Å². The molecule has 0 bridgehead atoms. The second kappa shape index (κ2) is 9.00. The number of aryl methyl sites for hydroxylation is 1. The number of carbonyl (C=O) groups is 2. The molecule has 174 valence electrons. The smallest absolute Gasteiger partial charge is 0.293 e. The van der Waals surface area contributed by atoms with E-state index in [-0.39, 0.29) is 22.9 Å². The molecule has 3 aromatic carbocycles. The van der Waals surface area contributed by atoms with Gasteiger partial charge in [-0.3, -0.25) is 14.7 Å². The van der Waals surface area contributed by atoms with E-state index in [0.29, 0.717) is 32.9 Å². The molecular weight excluding hydrogens is 468 g/mol. The maximum Gasteiger partial charge on any atom is 0.293 e. The molecule has 2 heterocycles. The number of phenols is 1. The number of nitrogens with zero attached hydrogens (tertiary/aromatic N) is 1. The number of aromatic amines is 1. The molecule has 0 atom stereocenters. The van der Waals surface area contributed by atoms with Gasteiger partial charge in [0.05, 0.1) is 5.69 Å². The monoisotopic (exact) mass is 486 g/mol. The van der Waals surface area contributed by atoms with Crippen LogP contribution in [0.5, 0.6) is 5.75 Å². The fourth-order valence-corrected chi connectivity index (χ4v) is 3.89. The average molecular weight is 487 g/mol. The molecule has 5 rings (SSSR count). The number of halogens is 1. The number of nitrogens with one attached hydrogen (secondary N) is 3. The van der Waals surface area contributed by atoms with Gasteiger partial charge in [0, 0.05) is 21.7 Å². The third-order valence-corrected chi connectivity index (χ3v) is 5.61. The topological polar surface area (TPSA) is 120 Å². The van der Waals surface area contributed by atoms with E-state index in [4.69, 9.17) is 16.0 Å². The van der Waals surface area contributed by atoms with Crippen LogP contribution in [0.2, 0.25) is 5.02 Å². The quantitative estimate of drug-likeness (QED) is 0.243. The van der Waals surface area contributed by atoms with Crippen molar-refractivity contribution in [2.75, 3.05) is 10.6 Å². The van der Waals surface area contributed by atoms with Crippen molar-refractivity contribution in [2.24, 2.45) is 0 Å². The Morgan fingerprint density at radius 3 is 2.63 bits per heavy atom. The number of anilines is 2. The highest BCUT2D eigenvalue weighted by Crippen LogP contribution is 2.33.